The minimum atomic E-state index is 0.946. The summed E-state index contributed by atoms with van der Waals surface area (Å²) in [5.74, 6) is 0. The molecular weight excluding hydrogens is 208 g/mol. The Morgan fingerprint density at radius 2 is 1.76 bits per heavy atom. The zero-order valence-electron chi connectivity index (χ0n) is 9.99. The molecule has 2 heterocycles. The number of nitrogens with one attached hydrogen (secondary N) is 1. The van der Waals surface area contributed by atoms with Crippen LogP contribution in [0, 0.1) is 13.8 Å². The third-order valence-electron chi connectivity index (χ3n) is 2.92. The van der Waals surface area contributed by atoms with Crippen molar-refractivity contribution in [2.45, 2.75) is 13.8 Å². The molecule has 84 valence electrons. The number of hydrogen-bond donors (Lipinski definition) is 1. The van der Waals surface area contributed by atoms with Gasteiger partial charge in [0.05, 0.1) is 0 Å². The molecule has 0 atom stereocenters. The SMILES string of the molecule is Cc1cc(C)cc(-c2cc3cccnc3[nH]2)c1. The van der Waals surface area contributed by atoms with E-state index in [1.54, 1.807) is 0 Å². The molecule has 0 radical (unpaired) electrons. The fourth-order valence-electron chi connectivity index (χ4n) is 2.24. The summed E-state index contributed by atoms with van der Waals surface area (Å²) < 4.78 is 0. The van der Waals surface area contributed by atoms with E-state index in [0.717, 1.165) is 16.7 Å². The Morgan fingerprint density at radius 1 is 1.00 bits per heavy atom. The van der Waals surface area contributed by atoms with E-state index in [2.05, 4.69) is 54.1 Å². The van der Waals surface area contributed by atoms with E-state index in [9.17, 15) is 0 Å². The van der Waals surface area contributed by atoms with E-state index in [1.165, 1.54) is 16.7 Å². The molecule has 0 aliphatic heterocycles. The van der Waals surface area contributed by atoms with Gasteiger partial charge in [0.25, 0.3) is 0 Å². The van der Waals surface area contributed by atoms with Crippen LogP contribution in [0.25, 0.3) is 22.3 Å². The number of rotatable bonds is 1. The number of aryl methyl sites for hydroxylation is 2. The van der Waals surface area contributed by atoms with Crippen molar-refractivity contribution >= 4 is 11.0 Å². The molecule has 2 nitrogen and oxygen atoms in total. The van der Waals surface area contributed by atoms with E-state index >= 15 is 0 Å². The monoisotopic (exact) mass is 222 g/mol. The number of aromatic amines is 1. The van der Waals surface area contributed by atoms with E-state index in [0.29, 0.717) is 0 Å². The Kier molecular flexibility index (Phi) is 2.22. The first-order chi connectivity index (χ1) is 8.22. The van der Waals surface area contributed by atoms with Gasteiger partial charge in [-0.1, -0.05) is 17.2 Å². The molecule has 3 aromatic rings. The van der Waals surface area contributed by atoms with Gasteiger partial charge >= 0.3 is 0 Å². The maximum absolute atomic E-state index is 4.32. The van der Waals surface area contributed by atoms with Gasteiger partial charge in [-0.3, -0.25) is 0 Å². The number of aromatic nitrogens is 2. The highest BCUT2D eigenvalue weighted by Gasteiger charge is 2.04. The Morgan fingerprint density at radius 3 is 2.47 bits per heavy atom. The number of hydrogen-bond acceptors (Lipinski definition) is 1. The quantitative estimate of drug-likeness (QED) is 0.665. The maximum Gasteiger partial charge on any atom is 0.137 e. The van der Waals surface area contributed by atoms with Crippen LogP contribution in [-0.4, -0.2) is 9.97 Å². The van der Waals surface area contributed by atoms with Gasteiger partial charge in [-0.25, -0.2) is 4.98 Å². The number of benzene rings is 1. The average molecular weight is 222 g/mol. The van der Waals surface area contributed by atoms with Crippen molar-refractivity contribution in [1.82, 2.24) is 9.97 Å². The second-order valence-corrected chi connectivity index (χ2v) is 4.50. The molecule has 0 saturated heterocycles. The van der Waals surface area contributed by atoms with Gasteiger partial charge in [-0.05, 0) is 49.7 Å². The van der Waals surface area contributed by atoms with E-state index in [-0.39, 0.29) is 0 Å². The number of pyridine rings is 1. The van der Waals surface area contributed by atoms with Gasteiger partial charge in [0.2, 0.25) is 0 Å². The van der Waals surface area contributed by atoms with Crippen LogP contribution in [0.4, 0.5) is 0 Å². The number of nitrogens with zero attached hydrogens (tertiary/aromatic N) is 1. The third kappa shape index (κ3) is 1.82. The lowest BCUT2D eigenvalue weighted by Crippen LogP contribution is -1.82. The van der Waals surface area contributed by atoms with Crippen molar-refractivity contribution in [3.8, 4) is 11.3 Å². The van der Waals surface area contributed by atoms with E-state index in [4.69, 9.17) is 0 Å². The van der Waals surface area contributed by atoms with Gasteiger partial charge in [0, 0.05) is 17.3 Å². The molecule has 0 bridgehead atoms. The largest absolute Gasteiger partial charge is 0.339 e. The molecule has 1 N–H and O–H groups in total. The summed E-state index contributed by atoms with van der Waals surface area (Å²) in [7, 11) is 0. The van der Waals surface area contributed by atoms with Crippen LogP contribution in [0.1, 0.15) is 11.1 Å². The molecule has 0 aliphatic rings. The first kappa shape index (κ1) is 10.1. The Hall–Kier alpha value is -2.09. The molecule has 0 aliphatic carbocycles. The summed E-state index contributed by atoms with van der Waals surface area (Å²) in [5.41, 5.74) is 5.87. The van der Waals surface area contributed by atoms with Crippen molar-refractivity contribution in [3.05, 3.63) is 53.7 Å². The number of H-pyrrole nitrogens is 1. The number of fused-ring (bicyclic) bond motifs is 1. The molecular formula is C15H14N2. The van der Waals surface area contributed by atoms with Crippen molar-refractivity contribution in [2.24, 2.45) is 0 Å². The Bertz CT molecular complexity index is 627. The first-order valence-electron chi connectivity index (χ1n) is 5.75. The van der Waals surface area contributed by atoms with Crippen LogP contribution < -0.4 is 0 Å². The minimum Gasteiger partial charge on any atom is -0.339 e. The fraction of sp³-hybridized carbons (Fsp3) is 0.133. The lowest BCUT2D eigenvalue weighted by Gasteiger charge is -2.02. The molecule has 0 saturated carbocycles. The summed E-state index contributed by atoms with van der Waals surface area (Å²) in [5, 5.41) is 1.15. The summed E-state index contributed by atoms with van der Waals surface area (Å²) in [6.07, 6.45) is 1.81. The second kappa shape index (κ2) is 3.74. The topological polar surface area (TPSA) is 28.7 Å². The zero-order valence-corrected chi connectivity index (χ0v) is 9.99. The molecule has 0 fully saturated rings. The van der Waals surface area contributed by atoms with Crippen LogP contribution in [0.2, 0.25) is 0 Å². The van der Waals surface area contributed by atoms with Crippen molar-refractivity contribution in [1.29, 1.82) is 0 Å². The smallest absolute Gasteiger partial charge is 0.137 e. The Balaban J connectivity index is 2.20. The molecule has 0 spiro atoms. The lowest BCUT2D eigenvalue weighted by molar-refractivity contribution is 1.31. The maximum atomic E-state index is 4.32. The standard InChI is InChI=1S/C15H14N2/c1-10-6-11(2)8-13(7-10)14-9-12-4-3-5-16-15(12)17-14/h3-9H,1-2H3,(H,16,17). The van der Waals surface area contributed by atoms with Gasteiger partial charge in [0.15, 0.2) is 0 Å². The zero-order chi connectivity index (χ0) is 11.8. The minimum absolute atomic E-state index is 0.946. The Labute approximate surface area is 100 Å². The van der Waals surface area contributed by atoms with Crippen LogP contribution in [0.3, 0.4) is 0 Å². The highest BCUT2D eigenvalue weighted by Crippen LogP contribution is 2.24. The summed E-state index contributed by atoms with van der Waals surface area (Å²) in [6, 6.07) is 12.8. The highest BCUT2D eigenvalue weighted by molar-refractivity contribution is 5.83. The average Bonchev–Trinajstić information content (AvgIpc) is 2.71. The molecule has 3 rings (SSSR count). The molecule has 0 amide bonds. The van der Waals surface area contributed by atoms with Crippen molar-refractivity contribution in [2.75, 3.05) is 0 Å². The molecule has 2 aromatic heterocycles. The molecule has 2 heteroatoms. The van der Waals surface area contributed by atoms with E-state index in [1.807, 2.05) is 12.3 Å². The summed E-state index contributed by atoms with van der Waals surface area (Å²) in [4.78, 5) is 7.67. The van der Waals surface area contributed by atoms with Gasteiger partial charge in [-0.15, -0.1) is 0 Å². The molecule has 17 heavy (non-hydrogen) atoms. The lowest BCUT2D eigenvalue weighted by atomic mass is 10.1. The highest BCUT2D eigenvalue weighted by atomic mass is 14.8. The van der Waals surface area contributed by atoms with Crippen molar-refractivity contribution in [3.63, 3.8) is 0 Å². The molecule has 1 aromatic carbocycles. The summed E-state index contributed by atoms with van der Waals surface area (Å²) in [6.45, 7) is 4.24. The van der Waals surface area contributed by atoms with Crippen LogP contribution in [0.5, 0.6) is 0 Å². The predicted octanol–water partition coefficient (Wildman–Crippen LogP) is 3.85. The van der Waals surface area contributed by atoms with Gasteiger partial charge in [0.1, 0.15) is 5.65 Å². The van der Waals surface area contributed by atoms with Crippen molar-refractivity contribution < 1.29 is 0 Å². The third-order valence-corrected chi connectivity index (χ3v) is 2.92. The second-order valence-electron chi connectivity index (χ2n) is 4.50. The predicted molar refractivity (Wildman–Crippen MR) is 71.0 cm³/mol. The van der Waals surface area contributed by atoms with Gasteiger partial charge < -0.3 is 4.98 Å². The summed E-state index contributed by atoms with van der Waals surface area (Å²) >= 11 is 0. The van der Waals surface area contributed by atoms with E-state index < -0.39 is 0 Å². The van der Waals surface area contributed by atoms with Gasteiger partial charge in [-0.2, -0.15) is 0 Å². The molecule has 0 unspecified atom stereocenters. The normalized spacial score (nSPS) is 10.9. The fourth-order valence-corrected chi connectivity index (χ4v) is 2.24. The van der Waals surface area contributed by atoms with Crippen LogP contribution >= 0.6 is 0 Å². The van der Waals surface area contributed by atoms with Crippen LogP contribution in [-0.2, 0) is 0 Å². The van der Waals surface area contributed by atoms with Crippen LogP contribution in [0.15, 0.2) is 42.6 Å². The first-order valence-corrected chi connectivity index (χ1v) is 5.75.